The number of carboxylic acids is 1. The van der Waals surface area contributed by atoms with Gasteiger partial charge in [0.1, 0.15) is 11.6 Å². The Balaban J connectivity index is 1.76. The molecule has 144 valence electrons. The van der Waals surface area contributed by atoms with Gasteiger partial charge in [-0.15, -0.1) is 5.10 Å². The van der Waals surface area contributed by atoms with Crippen LogP contribution in [-0.4, -0.2) is 37.8 Å². The van der Waals surface area contributed by atoms with E-state index >= 15 is 0 Å². The molecule has 0 bridgehead atoms. The Morgan fingerprint density at radius 3 is 2.56 bits per heavy atom. The van der Waals surface area contributed by atoms with E-state index < -0.39 is 11.9 Å². The molecular weight excluding hydrogens is 351 g/mol. The van der Waals surface area contributed by atoms with Crippen LogP contribution in [0.3, 0.4) is 0 Å². The smallest absolute Gasteiger partial charge is 0.306 e. The average molecular weight is 374 g/mol. The second kappa shape index (κ2) is 7.85. The molecule has 0 unspecified atom stereocenters. The van der Waals surface area contributed by atoms with Gasteiger partial charge in [0.25, 0.3) is 5.91 Å². The molecule has 1 aliphatic carbocycles. The van der Waals surface area contributed by atoms with Crippen molar-refractivity contribution in [3.63, 3.8) is 0 Å². The summed E-state index contributed by atoms with van der Waals surface area (Å²) in [6.45, 7) is 3.85. The maximum Gasteiger partial charge on any atom is 0.306 e. The second-order valence-corrected chi connectivity index (χ2v) is 7.20. The number of aliphatic carboxylic acids is 1. The summed E-state index contributed by atoms with van der Waals surface area (Å²) in [5.74, 6) is -1.31. The van der Waals surface area contributed by atoms with E-state index in [0.717, 1.165) is 0 Å². The van der Waals surface area contributed by atoms with Crippen LogP contribution in [0.15, 0.2) is 24.3 Å². The van der Waals surface area contributed by atoms with Gasteiger partial charge in [0.2, 0.25) is 5.82 Å². The molecule has 1 fully saturated rings. The van der Waals surface area contributed by atoms with Gasteiger partial charge in [0, 0.05) is 12.0 Å². The third kappa shape index (κ3) is 4.32. The number of hydrogen-bond donors (Lipinski definition) is 2. The van der Waals surface area contributed by atoms with E-state index in [2.05, 4.69) is 15.4 Å². The Kier molecular flexibility index (Phi) is 5.53. The molecule has 1 aromatic carbocycles. The van der Waals surface area contributed by atoms with Crippen molar-refractivity contribution in [2.45, 2.75) is 51.5 Å². The average Bonchev–Trinajstić information content (AvgIpc) is 3.08. The van der Waals surface area contributed by atoms with E-state index in [1.807, 2.05) is 13.8 Å². The molecule has 1 heterocycles. The monoisotopic (exact) mass is 374 g/mol. The Morgan fingerprint density at radius 1 is 1.26 bits per heavy atom. The molecule has 2 aromatic rings. The number of hydrogen-bond acceptors (Lipinski definition) is 4. The first kappa shape index (κ1) is 19.0. The normalized spacial score (nSPS) is 19.9. The van der Waals surface area contributed by atoms with Gasteiger partial charge in [0.05, 0.1) is 11.6 Å². The molecule has 3 rings (SSSR count). The molecule has 0 spiro atoms. The Hall–Kier alpha value is -2.77. The number of carboxylic acid groups (broad SMARTS) is 1. The number of carbonyl (C=O) groups is 2. The van der Waals surface area contributed by atoms with E-state index in [1.54, 1.807) is 12.1 Å². The van der Waals surface area contributed by atoms with Crippen LogP contribution in [0.25, 0.3) is 5.69 Å². The fourth-order valence-corrected chi connectivity index (χ4v) is 3.33. The van der Waals surface area contributed by atoms with E-state index in [0.29, 0.717) is 37.2 Å². The first-order valence-corrected chi connectivity index (χ1v) is 9.11. The number of aromatic nitrogens is 3. The minimum absolute atomic E-state index is 0.00618. The van der Waals surface area contributed by atoms with Crippen LogP contribution in [0.5, 0.6) is 0 Å². The molecule has 2 N–H and O–H groups in total. The van der Waals surface area contributed by atoms with Crippen LogP contribution in [0.1, 0.15) is 61.9 Å². The minimum Gasteiger partial charge on any atom is -0.481 e. The number of nitrogens with zero attached hydrogens (tertiary/aromatic N) is 3. The van der Waals surface area contributed by atoms with Gasteiger partial charge >= 0.3 is 5.97 Å². The van der Waals surface area contributed by atoms with Gasteiger partial charge in [-0.25, -0.2) is 14.1 Å². The van der Waals surface area contributed by atoms with Crippen molar-refractivity contribution >= 4 is 11.9 Å². The standard InChI is InChI=1S/C19H23FN4O3/c1-11(2)17-22-16(23-24(17)15-5-3-4-13(20)10-15)18(25)21-14-8-6-12(7-9-14)19(26)27/h3-5,10-12,14H,6-9H2,1-2H3,(H,21,25)(H,26,27). The van der Waals surface area contributed by atoms with Crippen LogP contribution in [0.2, 0.25) is 0 Å². The molecule has 1 aliphatic rings. The fraction of sp³-hybridized carbons (Fsp3) is 0.474. The first-order chi connectivity index (χ1) is 12.8. The molecule has 0 radical (unpaired) electrons. The van der Waals surface area contributed by atoms with E-state index in [1.165, 1.54) is 16.8 Å². The number of carbonyl (C=O) groups excluding carboxylic acids is 1. The highest BCUT2D eigenvalue weighted by Gasteiger charge is 2.28. The lowest BCUT2D eigenvalue weighted by atomic mass is 9.86. The Morgan fingerprint density at radius 2 is 1.96 bits per heavy atom. The zero-order valence-electron chi connectivity index (χ0n) is 15.4. The lowest BCUT2D eigenvalue weighted by molar-refractivity contribution is -0.142. The lowest BCUT2D eigenvalue weighted by Crippen LogP contribution is -2.39. The summed E-state index contributed by atoms with van der Waals surface area (Å²) in [6.07, 6.45) is 2.32. The quantitative estimate of drug-likeness (QED) is 0.839. The van der Waals surface area contributed by atoms with Crippen LogP contribution in [0, 0.1) is 11.7 Å². The largest absolute Gasteiger partial charge is 0.481 e. The first-order valence-electron chi connectivity index (χ1n) is 9.11. The van der Waals surface area contributed by atoms with Crippen LogP contribution in [0.4, 0.5) is 4.39 Å². The van der Waals surface area contributed by atoms with Crippen molar-refractivity contribution in [1.29, 1.82) is 0 Å². The number of nitrogens with one attached hydrogen (secondary N) is 1. The topological polar surface area (TPSA) is 97.1 Å². The summed E-state index contributed by atoms with van der Waals surface area (Å²) in [4.78, 5) is 28.0. The van der Waals surface area contributed by atoms with Crippen molar-refractivity contribution in [2.24, 2.45) is 5.92 Å². The number of amides is 1. The molecule has 1 aromatic heterocycles. The molecule has 1 amide bonds. The van der Waals surface area contributed by atoms with Crippen LogP contribution >= 0.6 is 0 Å². The maximum atomic E-state index is 13.6. The molecule has 7 nitrogen and oxygen atoms in total. The number of rotatable bonds is 5. The van der Waals surface area contributed by atoms with Gasteiger partial charge in [-0.2, -0.15) is 0 Å². The van der Waals surface area contributed by atoms with Crippen LogP contribution < -0.4 is 5.32 Å². The zero-order valence-corrected chi connectivity index (χ0v) is 15.4. The third-order valence-electron chi connectivity index (χ3n) is 4.82. The maximum absolute atomic E-state index is 13.6. The predicted octanol–water partition coefficient (Wildman–Crippen LogP) is 2.90. The van der Waals surface area contributed by atoms with Gasteiger partial charge in [-0.05, 0) is 43.9 Å². The Labute approximate surface area is 156 Å². The van der Waals surface area contributed by atoms with Crippen molar-refractivity contribution in [1.82, 2.24) is 20.1 Å². The highest BCUT2D eigenvalue weighted by molar-refractivity contribution is 5.90. The zero-order chi connectivity index (χ0) is 19.6. The highest BCUT2D eigenvalue weighted by Crippen LogP contribution is 2.25. The van der Waals surface area contributed by atoms with Crippen molar-refractivity contribution in [3.8, 4) is 5.69 Å². The Bertz CT molecular complexity index is 841. The fourth-order valence-electron chi connectivity index (χ4n) is 3.33. The summed E-state index contributed by atoms with van der Waals surface area (Å²) >= 11 is 0. The summed E-state index contributed by atoms with van der Waals surface area (Å²) in [6, 6.07) is 5.89. The summed E-state index contributed by atoms with van der Waals surface area (Å²) in [5.41, 5.74) is 0.507. The molecular formula is C19H23FN4O3. The van der Waals surface area contributed by atoms with E-state index in [-0.39, 0.29) is 29.5 Å². The van der Waals surface area contributed by atoms with Crippen molar-refractivity contribution < 1.29 is 19.1 Å². The van der Waals surface area contributed by atoms with Gasteiger partial charge in [0.15, 0.2) is 0 Å². The highest BCUT2D eigenvalue weighted by atomic mass is 19.1. The molecule has 8 heteroatoms. The van der Waals surface area contributed by atoms with E-state index in [4.69, 9.17) is 5.11 Å². The second-order valence-electron chi connectivity index (χ2n) is 7.20. The van der Waals surface area contributed by atoms with Gasteiger partial charge in [-0.1, -0.05) is 19.9 Å². The molecule has 0 atom stereocenters. The van der Waals surface area contributed by atoms with E-state index in [9.17, 15) is 14.0 Å². The number of benzene rings is 1. The molecule has 0 saturated heterocycles. The van der Waals surface area contributed by atoms with Gasteiger partial charge in [-0.3, -0.25) is 9.59 Å². The molecule has 1 saturated carbocycles. The van der Waals surface area contributed by atoms with Crippen molar-refractivity contribution in [2.75, 3.05) is 0 Å². The molecule has 27 heavy (non-hydrogen) atoms. The summed E-state index contributed by atoms with van der Waals surface area (Å²) in [5, 5.41) is 16.2. The van der Waals surface area contributed by atoms with Gasteiger partial charge < -0.3 is 10.4 Å². The SMILES string of the molecule is CC(C)c1nc(C(=O)NC2CCC(C(=O)O)CC2)nn1-c1cccc(F)c1. The number of halogens is 1. The third-order valence-corrected chi connectivity index (χ3v) is 4.82. The molecule has 0 aliphatic heterocycles. The minimum atomic E-state index is -0.781. The van der Waals surface area contributed by atoms with Crippen LogP contribution in [-0.2, 0) is 4.79 Å². The lowest BCUT2D eigenvalue weighted by Gasteiger charge is -2.26. The van der Waals surface area contributed by atoms with Crippen molar-refractivity contribution in [3.05, 3.63) is 41.7 Å². The predicted molar refractivity (Wildman–Crippen MR) is 96.3 cm³/mol. The summed E-state index contributed by atoms with van der Waals surface area (Å²) < 4.78 is 15.1. The summed E-state index contributed by atoms with van der Waals surface area (Å²) in [7, 11) is 0.